The highest BCUT2D eigenvalue weighted by Crippen LogP contribution is 2.40. The van der Waals surface area contributed by atoms with Gasteiger partial charge in [0.25, 0.3) is 12.4 Å². The van der Waals surface area contributed by atoms with Gasteiger partial charge in [0.1, 0.15) is 17.9 Å². The molecule has 1 amide bonds. The van der Waals surface area contributed by atoms with Crippen molar-refractivity contribution in [2.24, 2.45) is 0 Å². The largest absolute Gasteiger partial charge is 0.483 e. The molecule has 2 aromatic heterocycles. The lowest BCUT2D eigenvalue weighted by Crippen LogP contribution is -2.69. The Hall–Kier alpha value is -3.49. The highest BCUT2D eigenvalue weighted by atomic mass is 16.5. The van der Waals surface area contributed by atoms with Crippen molar-refractivity contribution in [1.29, 1.82) is 5.26 Å². The number of carbonyl (C=O) groups excluding carboxylic acids is 1. The van der Waals surface area contributed by atoms with Crippen LogP contribution in [0.15, 0.2) is 30.7 Å². The molecule has 4 rings (SSSR count). The van der Waals surface area contributed by atoms with Gasteiger partial charge in [-0.3, -0.25) is 9.59 Å². The topological polar surface area (TPSA) is 164 Å². The molecule has 2 saturated heterocycles. The summed E-state index contributed by atoms with van der Waals surface area (Å²) in [7, 11) is 0. The summed E-state index contributed by atoms with van der Waals surface area (Å²) in [5.74, 6) is 0.308. The summed E-state index contributed by atoms with van der Waals surface area (Å²) in [6.07, 6.45) is 5.54. The van der Waals surface area contributed by atoms with E-state index in [0.717, 1.165) is 0 Å². The van der Waals surface area contributed by atoms with Crippen molar-refractivity contribution in [3.05, 3.63) is 42.1 Å². The number of amides is 1. The second-order valence-electron chi connectivity index (χ2n) is 7.95. The first-order chi connectivity index (χ1) is 15.4. The van der Waals surface area contributed by atoms with Crippen LogP contribution in [0.3, 0.4) is 0 Å². The minimum atomic E-state index is -0.859. The molecule has 11 nitrogen and oxygen atoms in total. The first kappa shape index (κ1) is 23.2. The lowest BCUT2D eigenvalue weighted by atomic mass is 9.73. The number of ether oxygens (including phenoxy) is 1. The average molecular weight is 442 g/mol. The Labute approximate surface area is 185 Å². The number of aromatic amines is 1. The first-order valence-corrected chi connectivity index (χ1v) is 10.2. The van der Waals surface area contributed by atoms with Crippen LogP contribution in [0.5, 0.6) is 0 Å². The predicted molar refractivity (Wildman–Crippen MR) is 113 cm³/mol. The van der Waals surface area contributed by atoms with Gasteiger partial charge in [0.15, 0.2) is 11.5 Å². The molecule has 4 N–H and O–H groups in total. The van der Waals surface area contributed by atoms with Crippen molar-refractivity contribution < 1.29 is 24.5 Å². The Bertz CT molecular complexity index is 967. The molecule has 2 aliphatic rings. The fourth-order valence-corrected chi connectivity index (χ4v) is 4.35. The van der Waals surface area contributed by atoms with Gasteiger partial charge in [0.05, 0.1) is 11.1 Å². The maximum absolute atomic E-state index is 12.6. The van der Waals surface area contributed by atoms with Crippen LogP contribution >= 0.6 is 0 Å². The molecule has 11 heteroatoms. The van der Waals surface area contributed by atoms with Crippen LogP contribution in [0.4, 0.5) is 5.82 Å². The van der Waals surface area contributed by atoms with Crippen LogP contribution in [-0.4, -0.2) is 74.5 Å². The standard InChI is InChI=1S/C20H24N6O3.CH2O2/c1-19(25-17(27)14-3-2-7-22-14)6-12-29-20(18(19)28)4-10-26(11-5-20)16-15(13-21)23-8-9-24-16;2-1-3/h2-3,7-9,18,22,28H,4-6,10-12H2,1H3,(H,25,27);1H,(H,2,3)/t18-,19+;/m1./s1. The van der Waals surface area contributed by atoms with Gasteiger partial charge in [0.2, 0.25) is 0 Å². The Kier molecular flexibility index (Phi) is 7.07. The number of piperidine rings is 1. The van der Waals surface area contributed by atoms with Crippen molar-refractivity contribution in [3.8, 4) is 6.07 Å². The molecule has 0 bridgehead atoms. The molecular formula is C21H26N6O5. The zero-order valence-corrected chi connectivity index (χ0v) is 17.7. The zero-order chi connectivity index (χ0) is 23.2. The number of aromatic nitrogens is 3. The molecule has 32 heavy (non-hydrogen) atoms. The predicted octanol–water partition coefficient (Wildman–Crippen LogP) is 0.686. The van der Waals surface area contributed by atoms with E-state index in [9.17, 15) is 15.2 Å². The van der Waals surface area contributed by atoms with Crippen molar-refractivity contribution in [2.75, 3.05) is 24.6 Å². The number of nitriles is 1. The normalized spacial score (nSPS) is 24.0. The summed E-state index contributed by atoms with van der Waals surface area (Å²) in [4.78, 5) is 34.2. The van der Waals surface area contributed by atoms with Crippen LogP contribution in [0.1, 0.15) is 42.4 Å². The lowest BCUT2D eigenvalue weighted by Gasteiger charge is -2.53. The van der Waals surface area contributed by atoms with E-state index in [4.69, 9.17) is 14.6 Å². The summed E-state index contributed by atoms with van der Waals surface area (Å²) in [5, 5.41) is 30.4. The minimum Gasteiger partial charge on any atom is -0.483 e. The summed E-state index contributed by atoms with van der Waals surface area (Å²) >= 11 is 0. The monoisotopic (exact) mass is 442 g/mol. The highest BCUT2D eigenvalue weighted by Gasteiger charge is 2.54. The molecular weight excluding hydrogens is 416 g/mol. The molecule has 0 radical (unpaired) electrons. The molecule has 2 aromatic rings. The molecule has 0 aliphatic carbocycles. The zero-order valence-electron chi connectivity index (χ0n) is 17.7. The van der Waals surface area contributed by atoms with Crippen LogP contribution in [0.25, 0.3) is 0 Å². The number of aliphatic hydroxyl groups excluding tert-OH is 1. The third-order valence-corrected chi connectivity index (χ3v) is 6.05. The van der Waals surface area contributed by atoms with Gasteiger partial charge in [-0.2, -0.15) is 5.26 Å². The van der Waals surface area contributed by atoms with Gasteiger partial charge in [-0.25, -0.2) is 9.97 Å². The van der Waals surface area contributed by atoms with Crippen molar-refractivity contribution in [1.82, 2.24) is 20.3 Å². The average Bonchev–Trinajstić information content (AvgIpc) is 3.34. The summed E-state index contributed by atoms with van der Waals surface area (Å²) < 4.78 is 6.09. The molecule has 1 spiro atoms. The van der Waals surface area contributed by atoms with Gasteiger partial charge in [-0.1, -0.05) is 0 Å². The molecule has 4 heterocycles. The van der Waals surface area contributed by atoms with Crippen molar-refractivity contribution in [3.63, 3.8) is 0 Å². The number of rotatable bonds is 3. The van der Waals surface area contributed by atoms with E-state index < -0.39 is 17.2 Å². The van der Waals surface area contributed by atoms with E-state index in [1.54, 1.807) is 24.5 Å². The molecule has 0 saturated carbocycles. The number of hydrogen-bond acceptors (Lipinski definition) is 8. The maximum atomic E-state index is 12.6. The number of hydrogen-bond donors (Lipinski definition) is 4. The van der Waals surface area contributed by atoms with Crippen LogP contribution in [0, 0.1) is 11.3 Å². The summed E-state index contributed by atoms with van der Waals surface area (Å²) in [5.41, 5.74) is -0.800. The van der Waals surface area contributed by atoms with Gasteiger partial charge < -0.3 is 30.2 Å². The fraction of sp³-hybridized carbons (Fsp3) is 0.476. The van der Waals surface area contributed by atoms with E-state index in [0.29, 0.717) is 50.5 Å². The molecule has 2 aliphatic heterocycles. The quantitative estimate of drug-likeness (QED) is 0.500. The fourth-order valence-electron chi connectivity index (χ4n) is 4.35. The summed E-state index contributed by atoms with van der Waals surface area (Å²) in [6.45, 7) is 3.22. The smallest absolute Gasteiger partial charge is 0.290 e. The van der Waals surface area contributed by atoms with Crippen molar-refractivity contribution >= 4 is 18.2 Å². The van der Waals surface area contributed by atoms with Gasteiger partial charge >= 0.3 is 0 Å². The Morgan fingerprint density at radius 3 is 2.69 bits per heavy atom. The highest BCUT2D eigenvalue weighted by molar-refractivity contribution is 5.92. The van der Waals surface area contributed by atoms with E-state index in [-0.39, 0.29) is 18.1 Å². The second-order valence-corrected chi connectivity index (χ2v) is 7.95. The number of nitrogens with one attached hydrogen (secondary N) is 2. The third kappa shape index (κ3) is 4.56. The van der Waals surface area contributed by atoms with Crippen LogP contribution < -0.4 is 10.2 Å². The van der Waals surface area contributed by atoms with Crippen molar-refractivity contribution in [2.45, 2.75) is 43.4 Å². The number of carboxylic acid groups (broad SMARTS) is 1. The Balaban J connectivity index is 0.000000913. The maximum Gasteiger partial charge on any atom is 0.290 e. The SMILES string of the molecule is C[C@]1(NC(=O)c2ccc[nH]2)CCOC2(CCN(c3nccnc3C#N)CC2)[C@@H]1O.O=CO. The van der Waals surface area contributed by atoms with E-state index >= 15 is 0 Å². The molecule has 0 aromatic carbocycles. The Morgan fingerprint density at radius 1 is 1.38 bits per heavy atom. The second kappa shape index (κ2) is 9.76. The molecule has 0 unspecified atom stereocenters. The number of nitrogens with zero attached hydrogens (tertiary/aromatic N) is 4. The van der Waals surface area contributed by atoms with Crippen LogP contribution in [-0.2, 0) is 9.53 Å². The molecule has 2 fully saturated rings. The Morgan fingerprint density at radius 2 is 2.06 bits per heavy atom. The number of H-pyrrole nitrogens is 1. The molecule has 2 atom stereocenters. The first-order valence-electron chi connectivity index (χ1n) is 10.2. The van der Waals surface area contributed by atoms with Gasteiger partial charge in [-0.05, 0) is 38.3 Å². The minimum absolute atomic E-state index is 0.246. The lowest BCUT2D eigenvalue weighted by molar-refractivity contribution is -0.195. The van der Waals surface area contributed by atoms with E-state index in [2.05, 4.69) is 26.3 Å². The van der Waals surface area contributed by atoms with Gasteiger partial charge in [0, 0.05) is 38.3 Å². The number of aliphatic hydroxyl groups is 1. The number of anilines is 1. The van der Waals surface area contributed by atoms with E-state index in [1.165, 1.54) is 6.20 Å². The third-order valence-electron chi connectivity index (χ3n) is 6.05. The number of carbonyl (C=O) groups is 2. The van der Waals surface area contributed by atoms with E-state index in [1.807, 2.05) is 11.8 Å². The van der Waals surface area contributed by atoms with Gasteiger partial charge in [-0.15, -0.1) is 0 Å². The summed E-state index contributed by atoms with van der Waals surface area (Å²) in [6, 6.07) is 5.54. The van der Waals surface area contributed by atoms with Crippen LogP contribution in [0.2, 0.25) is 0 Å². The molecule has 170 valence electrons.